The van der Waals surface area contributed by atoms with Crippen LogP contribution in [0, 0.1) is 11.8 Å². The number of amides is 2. The summed E-state index contributed by atoms with van der Waals surface area (Å²) < 4.78 is 0. The number of carbonyl (C=O) groups is 2. The quantitative estimate of drug-likeness (QED) is 0.436. The normalized spacial score (nSPS) is 17.5. The van der Waals surface area contributed by atoms with Crippen LogP contribution in [0.3, 0.4) is 0 Å². The molecule has 4 rings (SSSR count). The Kier molecular flexibility index (Phi) is 9.92. The molecule has 0 unspecified atom stereocenters. The Morgan fingerprint density at radius 3 is 1.53 bits per heavy atom. The van der Waals surface area contributed by atoms with Crippen molar-refractivity contribution in [1.82, 2.24) is 20.6 Å². The van der Waals surface area contributed by atoms with Crippen molar-refractivity contribution in [2.75, 3.05) is 24.6 Å². The fourth-order valence-electron chi connectivity index (χ4n) is 4.82. The van der Waals surface area contributed by atoms with E-state index in [0.717, 1.165) is 34.2 Å². The predicted molar refractivity (Wildman–Crippen MR) is 140 cm³/mol. The second-order valence-electron chi connectivity index (χ2n) is 9.52. The first-order valence-electron chi connectivity index (χ1n) is 12.7. The zero-order chi connectivity index (χ0) is 23.6. The van der Waals surface area contributed by atoms with Gasteiger partial charge in [0.1, 0.15) is 10.1 Å². The highest BCUT2D eigenvalue weighted by Gasteiger charge is 2.18. The molecule has 1 aromatic heterocycles. The standard InChI is InChI=1S/C26H36N4O2S2/c31-23(27-15-19-9-3-1-4-10-19)17-33-25-26(30-22-14-8-7-13-21(22)29-25)34-18-24(32)28-16-20-11-5-2-6-12-20/h7-8,13-14,19-20H,1-6,9-12,15-18H2,(H,27,31)(H,28,32). The summed E-state index contributed by atoms with van der Waals surface area (Å²) in [7, 11) is 0. The minimum absolute atomic E-state index is 0.0340. The van der Waals surface area contributed by atoms with E-state index in [0.29, 0.717) is 23.3 Å². The lowest BCUT2D eigenvalue weighted by Crippen LogP contribution is -2.31. The average molecular weight is 501 g/mol. The van der Waals surface area contributed by atoms with Crippen LogP contribution in [0.25, 0.3) is 11.0 Å². The molecule has 0 bridgehead atoms. The Hall–Kier alpha value is -1.80. The number of nitrogens with zero attached hydrogens (tertiary/aromatic N) is 2. The van der Waals surface area contributed by atoms with Gasteiger partial charge in [-0.2, -0.15) is 0 Å². The second kappa shape index (κ2) is 13.3. The smallest absolute Gasteiger partial charge is 0.230 e. The number of benzene rings is 1. The maximum Gasteiger partial charge on any atom is 0.230 e. The van der Waals surface area contributed by atoms with E-state index in [9.17, 15) is 9.59 Å². The SMILES string of the molecule is O=C(CSc1nc2ccccc2nc1SCC(=O)NCC1CCCCC1)NCC1CCCCC1. The molecule has 2 saturated carbocycles. The summed E-state index contributed by atoms with van der Waals surface area (Å²) in [6.07, 6.45) is 12.6. The van der Waals surface area contributed by atoms with E-state index in [2.05, 4.69) is 10.6 Å². The molecule has 2 N–H and O–H groups in total. The number of hydrogen-bond acceptors (Lipinski definition) is 6. The van der Waals surface area contributed by atoms with Crippen molar-refractivity contribution in [3.63, 3.8) is 0 Å². The van der Waals surface area contributed by atoms with E-state index in [1.54, 1.807) is 0 Å². The Balaban J connectivity index is 1.31. The highest BCUT2D eigenvalue weighted by molar-refractivity contribution is 8.02. The number of rotatable bonds is 10. The van der Waals surface area contributed by atoms with E-state index in [1.807, 2.05) is 24.3 Å². The first kappa shape index (κ1) is 25.3. The minimum Gasteiger partial charge on any atom is -0.355 e. The molecule has 2 aliphatic carbocycles. The lowest BCUT2D eigenvalue weighted by atomic mass is 9.89. The molecular weight excluding hydrogens is 464 g/mol. The maximum absolute atomic E-state index is 12.5. The molecule has 2 fully saturated rings. The second-order valence-corrected chi connectivity index (χ2v) is 11.4. The average Bonchev–Trinajstić information content (AvgIpc) is 2.89. The molecule has 0 atom stereocenters. The molecular formula is C26H36N4O2S2. The molecule has 0 radical (unpaired) electrons. The van der Waals surface area contributed by atoms with E-state index >= 15 is 0 Å². The van der Waals surface area contributed by atoms with Crippen molar-refractivity contribution in [2.45, 2.75) is 74.3 Å². The van der Waals surface area contributed by atoms with Crippen LogP contribution >= 0.6 is 23.5 Å². The summed E-state index contributed by atoms with van der Waals surface area (Å²) in [6, 6.07) is 7.74. The number of thioether (sulfide) groups is 2. The van der Waals surface area contributed by atoms with Gasteiger partial charge in [0, 0.05) is 13.1 Å². The van der Waals surface area contributed by atoms with Gasteiger partial charge in [-0.1, -0.05) is 74.2 Å². The summed E-state index contributed by atoms with van der Waals surface area (Å²) in [5.41, 5.74) is 1.61. The lowest BCUT2D eigenvalue weighted by molar-refractivity contribution is -0.119. The molecule has 8 heteroatoms. The molecule has 0 spiro atoms. The van der Waals surface area contributed by atoms with Crippen LogP contribution in [0.15, 0.2) is 34.3 Å². The van der Waals surface area contributed by atoms with Crippen LogP contribution in [-0.2, 0) is 9.59 Å². The van der Waals surface area contributed by atoms with Crippen LogP contribution in [0.2, 0.25) is 0 Å². The Bertz CT molecular complexity index is 882. The topological polar surface area (TPSA) is 84.0 Å². The van der Waals surface area contributed by atoms with Gasteiger partial charge >= 0.3 is 0 Å². The fourth-order valence-corrected chi connectivity index (χ4v) is 6.58. The first-order valence-corrected chi connectivity index (χ1v) is 14.7. The molecule has 0 aliphatic heterocycles. The molecule has 2 aliphatic rings. The maximum atomic E-state index is 12.5. The molecule has 2 aromatic rings. The Morgan fingerprint density at radius 2 is 1.12 bits per heavy atom. The highest BCUT2D eigenvalue weighted by atomic mass is 32.2. The van der Waals surface area contributed by atoms with E-state index in [-0.39, 0.29) is 11.8 Å². The highest BCUT2D eigenvalue weighted by Crippen LogP contribution is 2.30. The Morgan fingerprint density at radius 1 is 0.706 bits per heavy atom. The number of fused-ring (bicyclic) bond motifs is 1. The molecule has 6 nitrogen and oxygen atoms in total. The van der Waals surface area contributed by atoms with Gasteiger partial charge in [0.05, 0.1) is 22.5 Å². The van der Waals surface area contributed by atoms with Gasteiger partial charge in [0.2, 0.25) is 11.8 Å². The number of aromatic nitrogens is 2. The van der Waals surface area contributed by atoms with Crippen molar-refractivity contribution < 1.29 is 9.59 Å². The molecule has 184 valence electrons. The van der Waals surface area contributed by atoms with Gasteiger partial charge in [-0.3, -0.25) is 9.59 Å². The van der Waals surface area contributed by atoms with Crippen LogP contribution in [0.4, 0.5) is 0 Å². The largest absolute Gasteiger partial charge is 0.355 e. The molecule has 1 aromatic carbocycles. The number of para-hydroxylation sites is 2. The van der Waals surface area contributed by atoms with Crippen LogP contribution in [0.1, 0.15) is 64.2 Å². The van der Waals surface area contributed by atoms with Crippen molar-refractivity contribution in [3.8, 4) is 0 Å². The zero-order valence-electron chi connectivity index (χ0n) is 19.9. The monoisotopic (exact) mass is 500 g/mol. The van der Waals surface area contributed by atoms with E-state index in [4.69, 9.17) is 9.97 Å². The predicted octanol–water partition coefficient (Wildman–Crippen LogP) is 5.21. The van der Waals surface area contributed by atoms with E-state index < -0.39 is 0 Å². The summed E-state index contributed by atoms with van der Waals surface area (Å²) in [4.78, 5) is 34.5. The minimum atomic E-state index is 0.0340. The van der Waals surface area contributed by atoms with Gasteiger partial charge in [0.25, 0.3) is 0 Å². The van der Waals surface area contributed by atoms with E-state index in [1.165, 1.54) is 87.7 Å². The van der Waals surface area contributed by atoms with Crippen LogP contribution in [-0.4, -0.2) is 46.4 Å². The molecule has 34 heavy (non-hydrogen) atoms. The summed E-state index contributed by atoms with van der Waals surface area (Å²) in [5, 5.41) is 7.64. The van der Waals surface area contributed by atoms with Gasteiger partial charge in [-0.05, 0) is 49.7 Å². The van der Waals surface area contributed by atoms with Gasteiger partial charge in [-0.15, -0.1) is 0 Å². The number of carbonyl (C=O) groups excluding carboxylic acids is 2. The van der Waals surface area contributed by atoms with Crippen molar-refractivity contribution >= 4 is 46.4 Å². The van der Waals surface area contributed by atoms with Crippen LogP contribution in [0.5, 0.6) is 0 Å². The van der Waals surface area contributed by atoms with Gasteiger partial charge in [0.15, 0.2) is 0 Å². The zero-order valence-corrected chi connectivity index (χ0v) is 21.5. The molecule has 0 saturated heterocycles. The van der Waals surface area contributed by atoms with Crippen molar-refractivity contribution in [2.24, 2.45) is 11.8 Å². The van der Waals surface area contributed by atoms with Gasteiger partial charge < -0.3 is 10.6 Å². The van der Waals surface area contributed by atoms with Crippen LogP contribution < -0.4 is 10.6 Å². The molecule has 1 heterocycles. The third-order valence-electron chi connectivity index (χ3n) is 6.81. The molecule has 2 amide bonds. The third kappa shape index (κ3) is 7.87. The fraction of sp³-hybridized carbons (Fsp3) is 0.615. The van der Waals surface area contributed by atoms with Crippen molar-refractivity contribution in [1.29, 1.82) is 0 Å². The first-order chi connectivity index (χ1) is 16.7. The summed E-state index contributed by atoms with van der Waals surface area (Å²) in [6.45, 7) is 1.54. The third-order valence-corrected chi connectivity index (χ3v) is 8.87. The van der Waals surface area contributed by atoms with Gasteiger partial charge in [-0.25, -0.2) is 9.97 Å². The summed E-state index contributed by atoms with van der Waals surface area (Å²) >= 11 is 2.81. The number of nitrogens with one attached hydrogen (secondary N) is 2. The number of hydrogen-bond donors (Lipinski definition) is 2. The Labute approximate surface area is 211 Å². The van der Waals surface area contributed by atoms with Crippen molar-refractivity contribution in [3.05, 3.63) is 24.3 Å². The lowest BCUT2D eigenvalue weighted by Gasteiger charge is -2.21. The summed E-state index contributed by atoms with van der Waals surface area (Å²) in [5.74, 6) is 1.91.